The third-order valence-electron chi connectivity index (χ3n) is 2.45. The largest absolute Gasteiger partial charge is 0.379 e. The highest BCUT2D eigenvalue weighted by Crippen LogP contribution is 2.00. The third kappa shape index (κ3) is 3.67. The Balaban J connectivity index is 3.14. The molecule has 0 spiro atoms. The van der Waals surface area contributed by atoms with E-state index in [1.165, 1.54) is 0 Å². The van der Waals surface area contributed by atoms with Gasteiger partial charge in [-0.15, -0.1) is 0 Å². The fraction of sp³-hybridized carbons (Fsp3) is 0.600. The first-order valence-electron chi connectivity index (χ1n) is 5.70. The predicted molar refractivity (Wildman–Crippen MR) is 72.0 cm³/mol. The maximum atomic E-state index is 11.9. The van der Waals surface area contributed by atoms with Gasteiger partial charge in [-0.3, -0.25) is 24.0 Å². The summed E-state index contributed by atoms with van der Waals surface area (Å²) >= 11 is 3.95. The molecule has 0 saturated carbocycles. The molecule has 1 heterocycles. The van der Waals surface area contributed by atoms with Crippen molar-refractivity contribution in [3.05, 3.63) is 37.1 Å². The molecule has 0 atom stereocenters. The average Bonchev–Trinajstić information content (AvgIpc) is 2.37. The van der Waals surface area contributed by atoms with E-state index in [1.54, 1.807) is 6.92 Å². The number of nitro groups is 1. The SMILES string of the molecule is CCn1cc([N+](=O)[O-])c(=O)n(CCOCCS)c1=O. The van der Waals surface area contributed by atoms with Crippen molar-refractivity contribution in [2.24, 2.45) is 0 Å². The van der Waals surface area contributed by atoms with E-state index in [9.17, 15) is 19.7 Å². The molecule has 1 rings (SSSR count). The van der Waals surface area contributed by atoms with E-state index in [1.807, 2.05) is 0 Å². The Morgan fingerprint density at radius 3 is 2.63 bits per heavy atom. The summed E-state index contributed by atoms with van der Waals surface area (Å²) in [5, 5.41) is 10.8. The summed E-state index contributed by atoms with van der Waals surface area (Å²) in [5.74, 6) is 0.517. The normalized spacial score (nSPS) is 10.6. The summed E-state index contributed by atoms with van der Waals surface area (Å²) in [7, 11) is 0. The van der Waals surface area contributed by atoms with Crippen LogP contribution in [0.25, 0.3) is 0 Å². The Labute approximate surface area is 114 Å². The van der Waals surface area contributed by atoms with Gasteiger partial charge < -0.3 is 4.74 Å². The average molecular weight is 289 g/mol. The van der Waals surface area contributed by atoms with E-state index in [2.05, 4.69) is 12.6 Å². The number of hydrogen-bond donors (Lipinski definition) is 1. The van der Waals surface area contributed by atoms with Crippen LogP contribution in [-0.4, -0.2) is 33.0 Å². The standard InChI is InChI=1S/C10H15N3O5S/c1-2-11-7-8(13(16)17)9(14)12(10(11)15)3-4-18-5-6-19/h7,19H,2-6H2,1H3. The maximum absolute atomic E-state index is 11.9. The summed E-state index contributed by atoms with van der Waals surface area (Å²) < 4.78 is 7.06. The van der Waals surface area contributed by atoms with Crippen molar-refractivity contribution in [3.8, 4) is 0 Å². The predicted octanol–water partition coefficient (Wildman–Crippen LogP) is -0.116. The van der Waals surface area contributed by atoms with Crippen molar-refractivity contribution in [2.45, 2.75) is 20.0 Å². The summed E-state index contributed by atoms with van der Waals surface area (Å²) in [6.45, 7) is 2.40. The number of thiol groups is 1. The van der Waals surface area contributed by atoms with Gasteiger partial charge in [0.05, 0.1) is 30.9 Å². The van der Waals surface area contributed by atoms with Gasteiger partial charge in [0.15, 0.2) is 0 Å². The molecule has 0 fully saturated rings. The van der Waals surface area contributed by atoms with Crippen LogP contribution in [0.1, 0.15) is 6.92 Å². The Kier molecular flexibility index (Phi) is 5.77. The second kappa shape index (κ2) is 7.10. The molecule has 0 aliphatic heterocycles. The quantitative estimate of drug-likeness (QED) is 0.327. The highest BCUT2D eigenvalue weighted by atomic mass is 32.1. The first-order chi connectivity index (χ1) is 9.02. The molecule has 106 valence electrons. The first kappa shape index (κ1) is 15.4. The second-order valence-electron chi connectivity index (χ2n) is 3.63. The van der Waals surface area contributed by atoms with E-state index >= 15 is 0 Å². The Morgan fingerprint density at radius 2 is 2.11 bits per heavy atom. The zero-order valence-electron chi connectivity index (χ0n) is 10.4. The number of rotatable bonds is 7. The molecule has 8 nitrogen and oxygen atoms in total. The van der Waals surface area contributed by atoms with Crippen molar-refractivity contribution >= 4 is 18.3 Å². The molecule has 0 aromatic carbocycles. The number of ether oxygens (including phenoxy) is 1. The minimum atomic E-state index is -0.908. The molecular formula is C10H15N3O5S. The fourth-order valence-electron chi connectivity index (χ4n) is 1.51. The van der Waals surface area contributed by atoms with E-state index in [0.29, 0.717) is 12.4 Å². The monoisotopic (exact) mass is 289 g/mol. The van der Waals surface area contributed by atoms with Crippen LogP contribution < -0.4 is 11.2 Å². The van der Waals surface area contributed by atoms with E-state index in [-0.39, 0.29) is 19.7 Å². The molecule has 1 aromatic heterocycles. The zero-order chi connectivity index (χ0) is 14.4. The third-order valence-corrected chi connectivity index (χ3v) is 2.63. The molecule has 0 N–H and O–H groups in total. The Hall–Kier alpha value is -1.61. The van der Waals surface area contributed by atoms with Crippen LogP contribution in [0.15, 0.2) is 15.8 Å². The van der Waals surface area contributed by atoms with Gasteiger partial charge >= 0.3 is 16.9 Å². The van der Waals surface area contributed by atoms with Crippen LogP contribution >= 0.6 is 12.6 Å². The van der Waals surface area contributed by atoms with Gasteiger partial charge in [0, 0.05) is 12.3 Å². The van der Waals surface area contributed by atoms with Gasteiger partial charge in [-0.05, 0) is 6.92 Å². The lowest BCUT2D eigenvalue weighted by Gasteiger charge is -2.08. The highest BCUT2D eigenvalue weighted by Gasteiger charge is 2.18. The molecule has 0 radical (unpaired) electrons. The van der Waals surface area contributed by atoms with Gasteiger partial charge in [0.25, 0.3) is 0 Å². The summed E-state index contributed by atoms with van der Waals surface area (Å²) in [4.78, 5) is 33.7. The second-order valence-corrected chi connectivity index (χ2v) is 4.08. The maximum Gasteiger partial charge on any atom is 0.350 e. The van der Waals surface area contributed by atoms with E-state index in [4.69, 9.17) is 4.74 Å². The number of hydrogen-bond acceptors (Lipinski definition) is 6. The number of aromatic nitrogens is 2. The van der Waals surface area contributed by atoms with Crippen LogP contribution in [0.3, 0.4) is 0 Å². The molecule has 0 amide bonds. The van der Waals surface area contributed by atoms with Gasteiger partial charge in [-0.2, -0.15) is 12.6 Å². The van der Waals surface area contributed by atoms with Crippen molar-refractivity contribution in [1.29, 1.82) is 0 Å². The summed E-state index contributed by atoms with van der Waals surface area (Å²) in [6, 6.07) is 0. The van der Waals surface area contributed by atoms with Crippen molar-refractivity contribution in [3.63, 3.8) is 0 Å². The lowest BCUT2D eigenvalue weighted by Crippen LogP contribution is -2.41. The fourth-order valence-corrected chi connectivity index (χ4v) is 1.64. The number of aryl methyl sites for hydroxylation is 1. The molecular weight excluding hydrogens is 274 g/mol. The molecule has 0 aliphatic rings. The molecule has 9 heteroatoms. The molecule has 19 heavy (non-hydrogen) atoms. The number of nitrogens with zero attached hydrogens (tertiary/aromatic N) is 3. The van der Waals surface area contributed by atoms with Crippen molar-refractivity contribution in [1.82, 2.24) is 9.13 Å². The highest BCUT2D eigenvalue weighted by molar-refractivity contribution is 7.80. The van der Waals surface area contributed by atoms with Crippen molar-refractivity contribution in [2.75, 3.05) is 19.0 Å². The molecule has 0 unspecified atom stereocenters. The van der Waals surface area contributed by atoms with Crippen LogP contribution in [0.2, 0.25) is 0 Å². The summed E-state index contributed by atoms with van der Waals surface area (Å²) in [5.41, 5.74) is -2.10. The lowest BCUT2D eigenvalue weighted by molar-refractivity contribution is -0.387. The summed E-state index contributed by atoms with van der Waals surface area (Å²) in [6.07, 6.45) is 0.968. The Morgan fingerprint density at radius 1 is 1.42 bits per heavy atom. The van der Waals surface area contributed by atoms with Crippen LogP contribution in [0, 0.1) is 10.1 Å². The topological polar surface area (TPSA) is 96.4 Å². The molecule has 1 aromatic rings. The van der Waals surface area contributed by atoms with E-state index in [0.717, 1.165) is 15.3 Å². The van der Waals surface area contributed by atoms with E-state index < -0.39 is 21.9 Å². The minimum Gasteiger partial charge on any atom is -0.379 e. The van der Waals surface area contributed by atoms with Gasteiger partial charge in [-0.1, -0.05) is 0 Å². The minimum absolute atomic E-state index is 0.0207. The van der Waals surface area contributed by atoms with Crippen LogP contribution in [0.5, 0.6) is 0 Å². The molecule has 0 saturated heterocycles. The zero-order valence-corrected chi connectivity index (χ0v) is 11.3. The van der Waals surface area contributed by atoms with Crippen LogP contribution in [-0.2, 0) is 17.8 Å². The van der Waals surface area contributed by atoms with Gasteiger partial charge in [-0.25, -0.2) is 4.79 Å². The van der Waals surface area contributed by atoms with Gasteiger partial charge in [0.1, 0.15) is 0 Å². The van der Waals surface area contributed by atoms with Gasteiger partial charge in [0.2, 0.25) is 0 Å². The van der Waals surface area contributed by atoms with Crippen LogP contribution in [0.4, 0.5) is 5.69 Å². The first-order valence-corrected chi connectivity index (χ1v) is 6.33. The lowest BCUT2D eigenvalue weighted by atomic mass is 10.5. The molecule has 0 bridgehead atoms. The smallest absolute Gasteiger partial charge is 0.350 e. The molecule has 0 aliphatic carbocycles. The van der Waals surface area contributed by atoms with Crippen molar-refractivity contribution < 1.29 is 9.66 Å². The Bertz CT molecular complexity index is 565.